The number of halogens is 2. The van der Waals surface area contributed by atoms with E-state index in [1.165, 1.54) is 12.3 Å². The Morgan fingerprint density at radius 1 is 1.09 bits per heavy atom. The van der Waals surface area contributed by atoms with E-state index < -0.39 is 11.7 Å². The Morgan fingerprint density at radius 3 is 2.16 bits per heavy atom. The number of benzene rings is 1. The molecular weight excluding hydrogens is 431 g/mol. The Labute approximate surface area is 192 Å². The lowest BCUT2D eigenvalue weighted by Crippen LogP contribution is -2.48. The molecule has 4 rings (SSSR count). The first-order valence-corrected chi connectivity index (χ1v) is 11.2. The molecule has 0 unspecified atom stereocenters. The third-order valence-corrected chi connectivity index (χ3v) is 7.18. The molecule has 1 amide bonds. The van der Waals surface area contributed by atoms with Crippen LogP contribution in [-0.4, -0.2) is 40.4 Å². The molecule has 1 saturated heterocycles. The van der Waals surface area contributed by atoms with Crippen LogP contribution in [0.4, 0.5) is 4.39 Å². The van der Waals surface area contributed by atoms with Gasteiger partial charge in [-0.1, -0.05) is 11.6 Å². The van der Waals surface area contributed by atoms with Crippen molar-refractivity contribution >= 4 is 29.1 Å². The molecule has 32 heavy (non-hydrogen) atoms. The van der Waals surface area contributed by atoms with Crippen molar-refractivity contribution in [3.63, 3.8) is 0 Å². The molecule has 2 aliphatic rings. The quantitative estimate of drug-likeness (QED) is 0.608. The van der Waals surface area contributed by atoms with Gasteiger partial charge in [-0.25, -0.2) is 4.39 Å². The van der Waals surface area contributed by atoms with E-state index in [0.717, 1.165) is 11.1 Å². The second kappa shape index (κ2) is 8.39. The zero-order valence-electron chi connectivity index (χ0n) is 18.5. The number of hydrogen-bond donors (Lipinski definition) is 0. The molecule has 0 N–H and O–H groups in total. The highest BCUT2D eigenvalue weighted by Gasteiger charge is 2.47. The fourth-order valence-corrected chi connectivity index (χ4v) is 5.50. The molecule has 168 valence electrons. The molecule has 0 bridgehead atoms. The zero-order valence-corrected chi connectivity index (χ0v) is 19.3. The van der Waals surface area contributed by atoms with Crippen LogP contribution < -0.4 is 0 Å². The number of aromatic nitrogens is 1. The van der Waals surface area contributed by atoms with E-state index in [9.17, 15) is 18.8 Å². The number of pyridine rings is 1. The SMILES string of the molecule is CC(=O)N1CCC2(CC1)CC(=O)C(c1c(C)cc(-c3ncc(Cl)cc3F)cc1C)C(=O)C2. The molecule has 1 spiro atoms. The van der Waals surface area contributed by atoms with Crippen LogP contribution >= 0.6 is 11.6 Å². The first-order valence-electron chi connectivity index (χ1n) is 10.8. The number of ketones is 2. The number of likely N-dealkylation sites (tertiary alicyclic amines) is 1. The molecule has 1 aliphatic heterocycles. The molecule has 0 atom stereocenters. The number of Topliss-reactive ketones (excluding diaryl/α,β-unsaturated/α-hetero) is 2. The number of amides is 1. The Kier molecular flexibility index (Phi) is 5.93. The maximum atomic E-state index is 14.4. The van der Waals surface area contributed by atoms with Crippen molar-refractivity contribution in [1.29, 1.82) is 0 Å². The van der Waals surface area contributed by atoms with E-state index >= 15 is 0 Å². The molecule has 0 radical (unpaired) electrons. The van der Waals surface area contributed by atoms with Crippen LogP contribution in [-0.2, 0) is 14.4 Å². The summed E-state index contributed by atoms with van der Waals surface area (Å²) < 4.78 is 14.4. The van der Waals surface area contributed by atoms with Crippen molar-refractivity contribution in [3.8, 4) is 11.3 Å². The molecule has 2 aromatic rings. The van der Waals surface area contributed by atoms with Gasteiger partial charge in [-0.05, 0) is 67.0 Å². The van der Waals surface area contributed by atoms with Gasteiger partial charge in [0.2, 0.25) is 5.91 Å². The van der Waals surface area contributed by atoms with Gasteiger partial charge < -0.3 is 4.90 Å². The minimum absolute atomic E-state index is 0.0316. The summed E-state index contributed by atoms with van der Waals surface area (Å²) in [5.41, 5.74) is 2.69. The van der Waals surface area contributed by atoms with Crippen LogP contribution in [0.15, 0.2) is 24.4 Å². The van der Waals surface area contributed by atoms with Crippen LogP contribution in [0.3, 0.4) is 0 Å². The number of carbonyl (C=O) groups excluding carboxylic acids is 3. The topological polar surface area (TPSA) is 67.3 Å². The zero-order chi connectivity index (χ0) is 23.2. The summed E-state index contributed by atoms with van der Waals surface area (Å²) in [6.07, 6.45) is 3.44. The van der Waals surface area contributed by atoms with Gasteiger partial charge in [0.15, 0.2) is 5.82 Å². The van der Waals surface area contributed by atoms with E-state index in [0.29, 0.717) is 49.9 Å². The van der Waals surface area contributed by atoms with Crippen molar-refractivity contribution < 1.29 is 18.8 Å². The Hall–Kier alpha value is -2.60. The largest absolute Gasteiger partial charge is 0.343 e. The second-order valence-corrected chi connectivity index (χ2v) is 9.67. The number of carbonyl (C=O) groups is 3. The first-order chi connectivity index (χ1) is 15.1. The van der Waals surface area contributed by atoms with Crippen molar-refractivity contribution in [2.75, 3.05) is 13.1 Å². The first kappa shape index (κ1) is 22.6. The molecule has 2 heterocycles. The van der Waals surface area contributed by atoms with E-state index in [2.05, 4.69) is 4.98 Å². The summed E-state index contributed by atoms with van der Waals surface area (Å²) in [4.78, 5) is 44.0. The van der Waals surface area contributed by atoms with E-state index in [1.807, 2.05) is 13.8 Å². The minimum atomic E-state index is -0.788. The summed E-state index contributed by atoms with van der Waals surface area (Å²) in [5.74, 6) is -1.40. The molecular formula is C25H26ClFN2O3. The lowest BCUT2D eigenvalue weighted by Gasteiger charge is -2.44. The molecule has 2 fully saturated rings. The fraction of sp³-hybridized carbons (Fsp3) is 0.440. The van der Waals surface area contributed by atoms with Crippen LogP contribution in [0.25, 0.3) is 11.3 Å². The second-order valence-electron chi connectivity index (χ2n) is 9.23. The van der Waals surface area contributed by atoms with Gasteiger partial charge in [0.25, 0.3) is 0 Å². The molecule has 1 aromatic heterocycles. The standard InChI is InChI=1S/C25H26ClFN2O3/c1-14-8-17(24-19(27)10-18(26)13-28-24)9-15(2)22(14)23-20(31)11-25(12-21(23)32)4-6-29(7-5-25)16(3)30/h8-10,13,23H,4-7,11-12H2,1-3H3. The summed E-state index contributed by atoms with van der Waals surface area (Å²) in [6, 6.07) is 4.77. The van der Waals surface area contributed by atoms with E-state index in [4.69, 9.17) is 11.6 Å². The fourth-order valence-electron chi connectivity index (χ4n) is 5.35. The predicted molar refractivity (Wildman–Crippen MR) is 120 cm³/mol. The normalized spacial score (nSPS) is 19.0. The van der Waals surface area contributed by atoms with Gasteiger partial charge in [0, 0.05) is 44.6 Å². The monoisotopic (exact) mass is 456 g/mol. The average molecular weight is 457 g/mol. The summed E-state index contributed by atoms with van der Waals surface area (Å²) in [7, 11) is 0. The lowest BCUT2D eigenvalue weighted by molar-refractivity contribution is -0.139. The van der Waals surface area contributed by atoms with E-state index in [1.54, 1.807) is 24.0 Å². The van der Waals surface area contributed by atoms with Crippen molar-refractivity contribution in [2.24, 2.45) is 5.41 Å². The third kappa shape index (κ3) is 4.08. The number of aryl methyl sites for hydroxylation is 2. The number of piperidine rings is 1. The summed E-state index contributed by atoms with van der Waals surface area (Å²) in [6.45, 7) is 6.41. The third-order valence-electron chi connectivity index (χ3n) is 6.98. The van der Waals surface area contributed by atoms with Crippen LogP contribution in [0.2, 0.25) is 5.02 Å². The summed E-state index contributed by atoms with van der Waals surface area (Å²) in [5, 5.41) is 0.220. The maximum Gasteiger partial charge on any atom is 0.219 e. The van der Waals surface area contributed by atoms with Gasteiger partial charge >= 0.3 is 0 Å². The van der Waals surface area contributed by atoms with Crippen molar-refractivity contribution in [2.45, 2.75) is 52.4 Å². The average Bonchev–Trinajstić information content (AvgIpc) is 2.69. The Bertz CT molecular complexity index is 1080. The molecule has 7 heteroatoms. The van der Waals surface area contributed by atoms with Gasteiger partial charge in [-0.2, -0.15) is 0 Å². The molecule has 1 saturated carbocycles. The molecule has 5 nitrogen and oxygen atoms in total. The Balaban J connectivity index is 1.61. The van der Waals surface area contributed by atoms with Gasteiger partial charge in [-0.15, -0.1) is 0 Å². The van der Waals surface area contributed by atoms with Gasteiger partial charge in [-0.3, -0.25) is 19.4 Å². The minimum Gasteiger partial charge on any atom is -0.343 e. The molecule has 1 aromatic carbocycles. The predicted octanol–water partition coefficient (Wildman–Crippen LogP) is 4.80. The van der Waals surface area contributed by atoms with E-state index in [-0.39, 0.29) is 33.6 Å². The smallest absolute Gasteiger partial charge is 0.219 e. The highest BCUT2D eigenvalue weighted by Crippen LogP contribution is 2.47. The highest BCUT2D eigenvalue weighted by molar-refractivity contribution is 6.30. The van der Waals surface area contributed by atoms with Crippen LogP contribution in [0.5, 0.6) is 0 Å². The summed E-state index contributed by atoms with van der Waals surface area (Å²) >= 11 is 5.81. The number of rotatable bonds is 2. The van der Waals surface area contributed by atoms with Gasteiger partial charge in [0.1, 0.15) is 23.2 Å². The highest BCUT2D eigenvalue weighted by atomic mass is 35.5. The van der Waals surface area contributed by atoms with Gasteiger partial charge in [0.05, 0.1) is 5.02 Å². The van der Waals surface area contributed by atoms with Crippen LogP contribution in [0.1, 0.15) is 55.2 Å². The maximum absolute atomic E-state index is 14.4. The lowest BCUT2D eigenvalue weighted by atomic mass is 9.62. The number of nitrogens with zero attached hydrogens (tertiary/aromatic N) is 2. The Morgan fingerprint density at radius 2 is 1.66 bits per heavy atom. The molecule has 1 aliphatic carbocycles. The van der Waals surface area contributed by atoms with Crippen molar-refractivity contribution in [3.05, 3.63) is 51.9 Å². The van der Waals surface area contributed by atoms with Crippen molar-refractivity contribution in [1.82, 2.24) is 9.88 Å². The number of hydrogen-bond acceptors (Lipinski definition) is 4. The van der Waals surface area contributed by atoms with Crippen LogP contribution in [0, 0.1) is 25.1 Å².